The van der Waals surface area contributed by atoms with Gasteiger partial charge in [-0.3, -0.25) is 4.79 Å². The van der Waals surface area contributed by atoms with E-state index in [-0.39, 0.29) is 5.91 Å². The molecule has 0 radical (unpaired) electrons. The summed E-state index contributed by atoms with van der Waals surface area (Å²) in [7, 11) is 1.28. The van der Waals surface area contributed by atoms with Gasteiger partial charge >= 0.3 is 5.97 Å². The van der Waals surface area contributed by atoms with Gasteiger partial charge in [0, 0.05) is 6.92 Å². The Morgan fingerprint density at radius 2 is 1.87 bits per heavy atom. The summed E-state index contributed by atoms with van der Waals surface area (Å²) in [4.78, 5) is 23.9. The number of rotatable bonds is 11. The zero-order valence-electron chi connectivity index (χ0n) is 19.1. The first-order chi connectivity index (χ1) is 14.6. The van der Waals surface area contributed by atoms with Crippen LogP contribution in [0.4, 0.5) is 0 Å². The van der Waals surface area contributed by atoms with Crippen molar-refractivity contribution in [2.45, 2.75) is 63.9 Å². The Morgan fingerprint density at radius 1 is 1.23 bits per heavy atom. The molecule has 31 heavy (non-hydrogen) atoms. The molecule has 0 unspecified atom stereocenters. The van der Waals surface area contributed by atoms with E-state index in [1.54, 1.807) is 0 Å². The molecule has 0 aliphatic carbocycles. The van der Waals surface area contributed by atoms with Crippen LogP contribution in [-0.4, -0.2) is 41.0 Å². The maximum absolute atomic E-state index is 12.3. The summed E-state index contributed by atoms with van der Waals surface area (Å²) in [5, 5.41) is 12.6. The second-order valence-corrected chi connectivity index (χ2v) is 8.64. The van der Waals surface area contributed by atoms with Crippen LogP contribution in [0.3, 0.4) is 0 Å². The van der Waals surface area contributed by atoms with E-state index in [2.05, 4.69) is 24.0 Å². The van der Waals surface area contributed by atoms with Gasteiger partial charge in [-0.15, -0.1) is 0 Å². The molecule has 0 fully saturated rings. The van der Waals surface area contributed by atoms with Crippen molar-refractivity contribution in [3.05, 3.63) is 65.8 Å². The van der Waals surface area contributed by atoms with Gasteiger partial charge in [0.15, 0.2) is 0 Å². The average Bonchev–Trinajstić information content (AvgIpc) is 2.71. The molecule has 1 rings (SSSR count). The Labute approximate surface area is 191 Å². The SMILES string of the molecule is COC(=O)[C@@H](NC(C)=O)[C@@H](S)/C(=C/C=C\C[C@@](C)(O)CCC=C(C)C)c1ccccc1. The molecule has 0 heterocycles. The summed E-state index contributed by atoms with van der Waals surface area (Å²) in [6.45, 7) is 7.25. The highest BCUT2D eigenvalue weighted by molar-refractivity contribution is 7.81. The van der Waals surface area contributed by atoms with Crippen LogP contribution in [0.5, 0.6) is 0 Å². The minimum atomic E-state index is -0.933. The van der Waals surface area contributed by atoms with Crippen LogP contribution in [0, 0.1) is 0 Å². The van der Waals surface area contributed by atoms with E-state index in [4.69, 9.17) is 4.74 Å². The Balaban J connectivity index is 3.09. The molecule has 0 aliphatic heterocycles. The smallest absolute Gasteiger partial charge is 0.329 e. The first kappa shape index (κ1) is 26.7. The third-order valence-electron chi connectivity index (χ3n) is 4.76. The zero-order valence-corrected chi connectivity index (χ0v) is 20.0. The second kappa shape index (κ2) is 13.2. The summed E-state index contributed by atoms with van der Waals surface area (Å²) in [5.74, 6) is -0.909. The number of benzene rings is 1. The lowest BCUT2D eigenvalue weighted by atomic mass is 9.94. The molecule has 6 heteroatoms. The van der Waals surface area contributed by atoms with Crippen LogP contribution in [0.25, 0.3) is 5.57 Å². The zero-order chi connectivity index (χ0) is 23.4. The molecular weight excluding hydrogens is 410 g/mol. The molecule has 0 aromatic heterocycles. The number of aliphatic hydroxyl groups is 1. The van der Waals surface area contributed by atoms with Crippen molar-refractivity contribution in [3.63, 3.8) is 0 Å². The Bertz CT molecular complexity index is 808. The first-order valence-corrected chi connectivity index (χ1v) is 10.9. The van der Waals surface area contributed by atoms with E-state index in [1.807, 2.05) is 69.3 Å². The van der Waals surface area contributed by atoms with Crippen LogP contribution in [0.2, 0.25) is 0 Å². The van der Waals surface area contributed by atoms with Crippen LogP contribution >= 0.6 is 12.6 Å². The predicted octanol–water partition coefficient (Wildman–Crippen LogP) is 4.49. The van der Waals surface area contributed by atoms with E-state index in [0.717, 1.165) is 17.6 Å². The maximum atomic E-state index is 12.3. The Hall–Kier alpha value is -2.31. The minimum Gasteiger partial charge on any atom is -0.467 e. The number of esters is 1. The predicted molar refractivity (Wildman–Crippen MR) is 130 cm³/mol. The van der Waals surface area contributed by atoms with E-state index >= 15 is 0 Å². The number of carbonyl (C=O) groups excluding carboxylic acids is 2. The number of methoxy groups -OCH3 is 1. The van der Waals surface area contributed by atoms with Gasteiger partial charge < -0.3 is 15.2 Å². The highest BCUT2D eigenvalue weighted by Gasteiger charge is 2.30. The largest absolute Gasteiger partial charge is 0.467 e. The molecule has 0 aliphatic rings. The van der Waals surface area contributed by atoms with Gasteiger partial charge in [0.05, 0.1) is 18.0 Å². The van der Waals surface area contributed by atoms with Crippen molar-refractivity contribution in [1.82, 2.24) is 5.32 Å². The number of amides is 1. The van der Waals surface area contributed by atoms with Gasteiger partial charge in [-0.05, 0) is 51.2 Å². The minimum absolute atomic E-state index is 0.343. The second-order valence-electron chi connectivity index (χ2n) is 8.08. The summed E-state index contributed by atoms with van der Waals surface area (Å²) in [6.07, 6.45) is 9.71. The summed E-state index contributed by atoms with van der Waals surface area (Å²) >= 11 is 4.65. The molecule has 1 amide bonds. The number of ether oxygens (including phenoxy) is 1. The number of thiol groups is 1. The van der Waals surface area contributed by atoms with Gasteiger partial charge in [0.1, 0.15) is 6.04 Å². The number of hydrogen-bond acceptors (Lipinski definition) is 5. The van der Waals surface area contributed by atoms with E-state index < -0.39 is 22.9 Å². The normalized spacial score (nSPS) is 15.6. The molecule has 1 aromatic rings. The topological polar surface area (TPSA) is 75.6 Å². The van der Waals surface area contributed by atoms with Crippen molar-refractivity contribution in [2.75, 3.05) is 7.11 Å². The molecule has 2 N–H and O–H groups in total. The third-order valence-corrected chi connectivity index (χ3v) is 5.34. The van der Waals surface area contributed by atoms with Gasteiger partial charge in [-0.2, -0.15) is 12.6 Å². The van der Waals surface area contributed by atoms with Crippen molar-refractivity contribution >= 4 is 30.1 Å². The van der Waals surface area contributed by atoms with E-state index in [9.17, 15) is 14.7 Å². The van der Waals surface area contributed by atoms with Crippen molar-refractivity contribution in [1.29, 1.82) is 0 Å². The molecular formula is C25H35NO4S. The number of nitrogens with one attached hydrogen (secondary N) is 1. The lowest BCUT2D eigenvalue weighted by Gasteiger charge is -2.24. The molecule has 0 saturated heterocycles. The molecule has 3 atom stereocenters. The molecule has 5 nitrogen and oxygen atoms in total. The van der Waals surface area contributed by atoms with Crippen molar-refractivity contribution in [2.24, 2.45) is 0 Å². The lowest BCUT2D eigenvalue weighted by molar-refractivity contribution is -0.144. The first-order valence-electron chi connectivity index (χ1n) is 10.4. The van der Waals surface area contributed by atoms with Gasteiger partial charge in [-0.25, -0.2) is 4.79 Å². The molecule has 0 saturated carbocycles. The highest BCUT2D eigenvalue weighted by atomic mass is 32.1. The van der Waals surface area contributed by atoms with Crippen molar-refractivity contribution < 1.29 is 19.4 Å². The Morgan fingerprint density at radius 3 is 2.42 bits per heavy atom. The standard InChI is InChI=1S/C25H35NO4S/c1-18(2)12-11-17-25(4,29)16-10-9-15-21(20-13-7-6-8-14-20)23(31)22(24(28)30-5)26-19(3)27/h6-10,12-15,22-23,29,31H,11,16-17H2,1-5H3,(H,26,27)/b10-9-,21-15+/t22-,23-,25+/m0/s1. The van der Waals surface area contributed by atoms with E-state index in [1.165, 1.54) is 19.6 Å². The average molecular weight is 446 g/mol. The van der Waals surface area contributed by atoms with Gasteiger partial charge in [0.25, 0.3) is 0 Å². The molecule has 0 bridgehead atoms. The molecule has 0 spiro atoms. The fourth-order valence-corrected chi connectivity index (χ4v) is 3.49. The molecule has 1 aromatic carbocycles. The number of allylic oxidation sites excluding steroid dienone is 4. The van der Waals surface area contributed by atoms with Crippen LogP contribution < -0.4 is 5.32 Å². The summed E-state index contributed by atoms with van der Waals surface area (Å²) < 4.78 is 4.86. The Kier molecular flexibility index (Phi) is 11.4. The summed E-state index contributed by atoms with van der Waals surface area (Å²) in [5.41, 5.74) is 2.06. The van der Waals surface area contributed by atoms with E-state index in [0.29, 0.717) is 12.8 Å². The molecule has 170 valence electrons. The van der Waals surface area contributed by atoms with Gasteiger partial charge in [0.2, 0.25) is 5.91 Å². The van der Waals surface area contributed by atoms with Crippen LogP contribution in [0.15, 0.2) is 60.2 Å². The fourth-order valence-electron chi connectivity index (χ4n) is 3.06. The lowest BCUT2D eigenvalue weighted by Crippen LogP contribution is -2.47. The monoisotopic (exact) mass is 445 g/mol. The maximum Gasteiger partial charge on any atom is 0.329 e. The van der Waals surface area contributed by atoms with Crippen molar-refractivity contribution in [3.8, 4) is 0 Å². The highest BCUT2D eigenvalue weighted by Crippen LogP contribution is 2.26. The van der Waals surface area contributed by atoms with Gasteiger partial charge in [-0.1, -0.05) is 60.2 Å². The quantitative estimate of drug-likeness (QED) is 0.203. The van der Waals surface area contributed by atoms with Crippen LogP contribution in [-0.2, 0) is 14.3 Å². The number of hydrogen-bond donors (Lipinski definition) is 3. The number of carbonyl (C=O) groups is 2. The summed E-state index contributed by atoms with van der Waals surface area (Å²) in [6, 6.07) is 8.60. The van der Waals surface area contributed by atoms with Crippen LogP contribution in [0.1, 0.15) is 52.5 Å². The third kappa shape index (κ3) is 10.0. The fraction of sp³-hybridized carbons (Fsp3) is 0.440.